The maximum absolute atomic E-state index is 5.90. The van der Waals surface area contributed by atoms with E-state index in [2.05, 4.69) is 16.9 Å². The van der Waals surface area contributed by atoms with Crippen molar-refractivity contribution in [3.8, 4) is 5.88 Å². The second kappa shape index (κ2) is 5.89. The summed E-state index contributed by atoms with van der Waals surface area (Å²) in [6, 6.07) is 9.64. The number of ether oxygens (including phenoxy) is 1. The second-order valence-corrected chi connectivity index (χ2v) is 4.67. The van der Waals surface area contributed by atoms with Crippen molar-refractivity contribution in [2.45, 2.75) is 13.0 Å². The first kappa shape index (κ1) is 13.6. The topological polar surface area (TPSA) is 38.2 Å². The van der Waals surface area contributed by atoms with E-state index in [1.165, 1.54) is 0 Å². The van der Waals surface area contributed by atoms with Gasteiger partial charge in [-0.1, -0.05) is 23.7 Å². The van der Waals surface area contributed by atoms with Crippen molar-refractivity contribution in [3.63, 3.8) is 0 Å². The van der Waals surface area contributed by atoms with Crippen LogP contribution in [-0.4, -0.2) is 24.1 Å². The molecule has 0 N–H and O–H groups in total. The third-order valence-electron chi connectivity index (χ3n) is 3.08. The van der Waals surface area contributed by atoms with Gasteiger partial charge in [-0.05, 0) is 24.6 Å². The minimum atomic E-state index is 0.143. The molecule has 1 aromatic heterocycles. The summed E-state index contributed by atoms with van der Waals surface area (Å²) >= 11 is 5.90. The molecule has 19 heavy (non-hydrogen) atoms. The van der Waals surface area contributed by atoms with E-state index in [0.29, 0.717) is 11.8 Å². The molecule has 0 spiro atoms. The highest BCUT2D eigenvalue weighted by Crippen LogP contribution is 2.24. The van der Waals surface area contributed by atoms with Gasteiger partial charge in [-0.3, -0.25) is 0 Å². The summed E-state index contributed by atoms with van der Waals surface area (Å²) in [7, 11) is 3.54. The van der Waals surface area contributed by atoms with Crippen molar-refractivity contribution in [2.24, 2.45) is 0 Å². The summed E-state index contributed by atoms with van der Waals surface area (Å²) in [5.74, 6) is 1.18. The predicted molar refractivity (Wildman–Crippen MR) is 76.9 cm³/mol. The molecule has 2 rings (SSSR count). The second-order valence-electron chi connectivity index (χ2n) is 4.24. The zero-order chi connectivity index (χ0) is 13.8. The number of rotatable bonds is 4. The number of benzene rings is 1. The molecule has 100 valence electrons. The highest BCUT2D eigenvalue weighted by Gasteiger charge is 2.15. The minimum Gasteiger partial charge on any atom is -0.481 e. The number of anilines is 1. The molecule has 0 saturated heterocycles. The highest BCUT2D eigenvalue weighted by atomic mass is 35.5. The van der Waals surface area contributed by atoms with Crippen molar-refractivity contribution < 1.29 is 4.74 Å². The SMILES string of the molecule is COc1ccnc(N(C)[C@@H](C)c2ccc(Cl)cc2)n1. The Bertz CT molecular complexity index is 545. The Morgan fingerprint density at radius 1 is 1.21 bits per heavy atom. The Balaban J connectivity index is 2.22. The normalized spacial score (nSPS) is 12.0. The van der Waals surface area contributed by atoms with Crippen LogP contribution in [0.2, 0.25) is 5.02 Å². The third-order valence-corrected chi connectivity index (χ3v) is 3.33. The van der Waals surface area contributed by atoms with Gasteiger partial charge in [0.05, 0.1) is 13.2 Å². The maximum Gasteiger partial charge on any atom is 0.228 e. The maximum atomic E-state index is 5.90. The van der Waals surface area contributed by atoms with Gasteiger partial charge in [0.15, 0.2) is 0 Å². The van der Waals surface area contributed by atoms with Crippen LogP contribution in [0.25, 0.3) is 0 Å². The van der Waals surface area contributed by atoms with Crippen LogP contribution in [0.15, 0.2) is 36.5 Å². The lowest BCUT2D eigenvalue weighted by Crippen LogP contribution is -2.23. The summed E-state index contributed by atoms with van der Waals surface area (Å²) in [4.78, 5) is 10.6. The van der Waals surface area contributed by atoms with E-state index in [9.17, 15) is 0 Å². The zero-order valence-electron chi connectivity index (χ0n) is 11.2. The fourth-order valence-electron chi connectivity index (χ4n) is 1.75. The summed E-state index contributed by atoms with van der Waals surface area (Å²) < 4.78 is 5.11. The van der Waals surface area contributed by atoms with Crippen molar-refractivity contribution in [3.05, 3.63) is 47.1 Å². The van der Waals surface area contributed by atoms with Crippen molar-refractivity contribution >= 4 is 17.5 Å². The molecule has 2 aromatic rings. The summed E-state index contributed by atoms with van der Waals surface area (Å²) in [6.07, 6.45) is 1.69. The molecular weight excluding hydrogens is 262 g/mol. The molecular formula is C14H16ClN3O. The molecule has 0 unspecified atom stereocenters. The smallest absolute Gasteiger partial charge is 0.228 e. The predicted octanol–water partition coefficient (Wildman–Crippen LogP) is 3.34. The molecule has 1 atom stereocenters. The number of hydrogen-bond donors (Lipinski definition) is 0. The van der Waals surface area contributed by atoms with Crippen LogP contribution < -0.4 is 9.64 Å². The molecule has 4 nitrogen and oxygen atoms in total. The largest absolute Gasteiger partial charge is 0.481 e. The fourth-order valence-corrected chi connectivity index (χ4v) is 1.88. The molecule has 0 amide bonds. The molecule has 1 aromatic carbocycles. The molecule has 0 aliphatic heterocycles. The Labute approximate surface area is 118 Å². The van der Waals surface area contributed by atoms with E-state index < -0.39 is 0 Å². The first-order valence-electron chi connectivity index (χ1n) is 5.97. The summed E-state index contributed by atoms with van der Waals surface area (Å²) in [5.41, 5.74) is 1.15. The van der Waals surface area contributed by atoms with Gasteiger partial charge < -0.3 is 9.64 Å². The number of methoxy groups -OCH3 is 1. The number of nitrogens with zero attached hydrogens (tertiary/aromatic N) is 3. The summed E-state index contributed by atoms with van der Waals surface area (Å²) in [6.45, 7) is 2.09. The van der Waals surface area contributed by atoms with Gasteiger partial charge in [0, 0.05) is 24.3 Å². The Morgan fingerprint density at radius 2 is 1.89 bits per heavy atom. The standard InChI is InChI=1S/C14H16ClN3O/c1-10(11-4-6-12(15)7-5-11)18(2)14-16-9-8-13(17-14)19-3/h4-10H,1-3H3/t10-/m0/s1. The lowest BCUT2D eigenvalue weighted by molar-refractivity contribution is 0.396. The van der Waals surface area contributed by atoms with Gasteiger partial charge in [-0.15, -0.1) is 0 Å². The highest BCUT2D eigenvalue weighted by molar-refractivity contribution is 6.30. The van der Waals surface area contributed by atoms with Gasteiger partial charge in [0.1, 0.15) is 0 Å². The van der Waals surface area contributed by atoms with E-state index >= 15 is 0 Å². The molecule has 0 bridgehead atoms. The molecule has 1 heterocycles. The average molecular weight is 278 g/mol. The van der Waals surface area contributed by atoms with E-state index in [-0.39, 0.29) is 6.04 Å². The molecule has 5 heteroatoms. The average Bonchev–Trinajstić information content (AvgIpc) is 2.46. The van der Waals surface area contributed by atoms with Crippen LogP contribution in [0.3, 0.4) is 0 Å². The molecule has 0 aliphatic rings. The Kier molecular flexibility index (Phi) is 4.22. The van der Waals surface area contributed by atoms with E-state index in [4.69, 9.17) is 16.3 Å². The van der Waals surface area contributed by atoms with Crippen molar-refractivity contribution in [2.75, 3.05) is 19.1 Å². The van der Waals surface area contributed by atoms with Crippen LogP contribution in [0.4, 0.5) is 5.95 Å². The van der Waals surface area contributed by atoms with Gasteiger partial charge in [-0.2, -0.15) is 4.98 Å². The zero-order valence-corrected chi connectivity index (χ0v) is 11.9. The first-order chi connectivity index (χ1) is 9.11. The number of aromatic nitrogens is 2. The Morgan fingerprint density at radius 3 is 2.53 bits per heavy atom. The van der Waals surface area contributed by atoms with Gasteiger partial charge in [0.25, 0.3) is 0 Å². The van der Waals surface area contributed by atoms with Crippen LogP contribution in [0, 0.1) is 0 Å². The van der Waals surface area contributed by atoms with Crippen LogP contribution in [-0.2, 0) is 0 Å². The fraction of sp³-hybridized carbons (Fsp3) is 0.286. The van der Waals surface area contributed by atoms with Crippen LogP contribution >= 0.6 is 11.6 Å². The summed E-state index contributed by atoms with van der Waals surface area (Å²) in [5, 5.41) is 0.733. The first-order valence-corrected chi connectivity index (χ1v) is 6.35. The van der Waals surface area contributed by atoms with E-state index in [1.807, 2.05) is 36.2 Å². The van der Waals surface area contributed by atoms with E-state index in [0.717, 1.165) is 10.6 Å². The van der Waals surface area contributed by atoms with Crippen molar-refractivity contribution in [1.29, 1.82) is 0 Å². The molecule has 0 fully saturated rings. The van der Waals surface area contributed by atoms with Crippen LogP contribution in [0.5, 0.6) is 5.88 Å². The molecule has 0 radical (unpaired) electrons. The number of halogens is 1. The third kappa shape index (κ3) is 3.15. The minimum absolute atomic E-state index is 0.143. The van der Waals surface area contributed by atoms with Gasteiger partial charge in [0.2, 0.25) is 11.8 Å². The van der Waals surface area contributed by atoms with Crippen molar-refractivity contribution in [1.82, 2.24) is 9.97 Å². The van der Waals surface area contributed by atoms with Gasteiger partial charge in [-0.25, -0.2) is 4.98 Å². The number of hydrogen-bond acceptors (Lipinski definition) is 4. The Hall–Kier alpha value is -1.81. The quantitative estimate of drug-likeness (QED) is 0.859. The monoisotopic (exact) mass is 277 g/mol. The molecule has 0 saturated carbocycles. The lowest BCUT2D eigenvalue weighted by atomic mass is 10.1. The lowest BCUT2D eigenvalue weighted by Gasteiger charge is -2.25. The van der Waals surface area contributed by atoms with E-state index in [1.54, 1.807) is 19.4 Å². The van der Waals surface area contributed by atoms with Gasteiger partial charge >= 0.3 is 0 Å². The molecule has 0 aliphatic carbocycles. The van der Waals surface area contributed by atoms with Crippen LogP contribution in [0.1, 0.15) is 18.5 Å².